The number of hydrogen-bond donors (Lipinski definition) is 1. The van der Waals surface area contributed by atoms with Gasteiger partial charge in [0.25, 0.3) is 0 Å². The van der Waals surface area contributed by atoms with E-state index in [0.717, 1.165) is 50.5 Å². The van der Waals surface area contributed by atoms with E-state index in [1.807, 2.05) is 14.0 Å². The molecule has 1 fully saturated rings. The van der Waals surface area contributed by atoms with Gasteiger partial charge in [0.2, 0.25) is 0 Å². The van der Waals surface area contributed by atoms with E-state index in [2.05, 4.69) is 55.4 Å². The highest BCUT2D eigenvalue weighted by Gasteiger charge is 2.37. The number of nitrogens with zero attached hydrogens (tertiary/aromatic N) is 3. The Morgan fingerprint density at radius 3 is 2.61 bits per heavy atom. The minimum atomic E-state index is -0.849. The Bertz CT molecular complexity index is 621. The number of carboxylic acid groups (broad SMARTS) is 1. The van der Waals surface area contributed by atoms with Crippen molar-refractivity contribution in [1.29, 1.82) is 0 Å². The first-order valence-corrected chi connectivity index (χ1v) is 10.5. The number of carboxylic acids is 1. The van der Waals surface area contributed by atoms with Crippen molar-refractivity contribution < 1.29 is 14.6 Å². The van der Waals surface area contributed by atoms with Crippen molar-refractivity contribution in [2.75, 3.05) is 39.9 Å². The van der Waals surface area contributed by atoms with Gasteiger partial charge in [-0.3, -0.25) is 4.90 Å². The molecule has 0 aliphatic carbocycles. The normalized spacial score (nSPS) is 24.4. The van der Waals surface area contributed by atoms with Crippen LogP contribution in [0.2, 0.25) is 0 Å². The van der Waals surface area contributed by atoms with Crippen LogP contribution in [0, 0.1) is 5.41 Å². The zero-order valence-corrected chi connectivity index (χ0v) is 18.8. The fraction of sp³-hybridized carbons (Fsp3) is 0.773. The van der Waals surface area contributed by atoms with Gasteiger partial charge in [-0.25, -0.2) is 4.79 Å². The zero-order chi connectivity index (χ0) is 21.1. The third-order valence-corrected chi connectivity index (χ3v) is 5.74. The lowest BCUT2D eigenvalue weighted by Gasteiger charge is -2.49. The number of hydrogen-bond acceptors (Lipinski definition) is 5. The molecule has 0 amide bonds. The molecule has 6 nitrogen and oxygen atoms in total. The summed E-state index contributed by atoms with van der Waals surface area (Å²) in [5.74, 6) is -0.00838. The van der Waals surface area contributed by atoms with Crippen molar-refractivity contribution in [2.24, 2.45) is 5.41 Å². The second kappa shape index (κ2) is 9.31. The Hall–Kier alpha value is -1.53. The molecule has 1 N–H and O–H groups in total. The smallest absolute Gasteiger partial charge is 0.339 e. The van der Waals surface area contributed by atoms with Crippen LogP contribution in [0.25, 0.3) is 0 Å². The molecular weight excluding hydrogens is 354 g/mol. The largest absolute Gasteiger partial charge is 0.478 e. The van der Waals surface area contributed by atoms with Crippen LogP contribution in [0.1, 0.15) is 54.4 Å². The van der Waals surface area contributed by atoms with E-state index < -0.39 is 5.97 Å². The van der Waals surface area contributed by atoms with Crippen LogP contribution in [0.5, 0.6) is 0 Å². The topological polar surface area (TPSA) is 56.3 Å². The molecule has 28 heavy (non-hydrogen) atoms. The molecular formula is C22H39N3O3. The number of aliphatic carboxylic acids is 1. The van der Waals surface area contributed by atoms with Crippen molar-refractivity contribution in [3.05, 3.63) is 23.0 Å². The lowest BCUT2D eigenvalue weighted by molar-refractivity contribution is -0.133. The zero-order valence-electron chi connectivity index (χ0n) is 18.8. The molecule has 2 rings (SSSR count). The first kappa shape index (κ1) is 22.8. The van der Waals surface area contributed by atoms with Crippen LogP contribution >= 0.6 is 0 Å². The van der Waals surface area contributed by atoms with Gasteiger partial charge >= 0.3 is 5.97 Å². The summed E-state index contributed by atoms with van der Waals surface area (Å²) in [6.07, 6.45) is 4.32. The highest BCUT2D eigenvalue weighted by molar-refractivity contribution is 5.92. The van der Waals surface area contributed by atoms with Gasteiger partial charge in [-0.15, -0.1) is 0 Å². The lowest BCUT2D eigenvalue weighted by atomic mass is 9.90. The van der Waals surface area contributed by atoms with Gasteiger partial charge in [-0.2, -0.15) is 0 Å². The van der Waals surface area contributed by atoms with E-state index in [9.17, 15) is 9.90 Å². The van der Waals surface area contributed by atoms with Crippen LogP contribution in [0.3, 0.4) is 0 Å². The number of rotatable bonds is 7. The second-order valence-corrected chi connectivity index (χ2v) is 9.30. The molecule has 6 heteroatoms. The van der Waals surface area contributed by atoms with Gasteiger partial charge in [-0.05, 0) is 50.7 Å². The Labute approximate surface area is 170 Å². The highest BCUT2D eigenvalue weighted by atomic mass is 16.5. The Balaban J connectivity index is 2.44. The second-order valence-electron chi connectivity index (χ2n) is 9.30. The minimum absolute atomic E-state index is 0.0611. The molecule has 2 aliphatic heterocycles. The van der Waals surface area contributed by atoms with Gasteiger partial charge in [0.05, 0.1) is 13.2 Å². The summed E-state index contributed by atoms with van der Waals surface area (Å²) in [6.45, 7) is 16.9. The molecule has 0 aromatic rings. The molecule has 0 aromatic carbocycles. The maximum Gasteiger partial charge on any atom is 0.339 e. The van der Waals surface area contributed by atoms with Gasteiger partial charge in [0.15, 0.2) is 0 Å². The van der Waals surface area contributed by atoms with Crippen molar-refractivity contribution in [2.45, 2.75) is 66.6 Å². The fourth-order valence-corrected chi connectivity index (χ4v) is 4.09. The SMILES string of the molecule is CCN(C)C1=C(C(=O)O)C(C)=CC(N2CCOC[C@H]2C)N1CCCC(C)(C)C. The average molecular weight is 394 g/mol. The fourth-order valence-electron chi connectivity index (χ4n) is 4.09. The number of ether oxygens (including phenoxy) is 1. The molecule has 1 saturated heterocycles. The van der Waals surface area contributed by atoms with Crippen LogP contribution in [0.4, 0.5) is 0 Å². The standard InChI is InChI=1S/C22H39N3O3/c1-8-23(7)20-19(21(26)27)16(2)14-18(24-12-13-28-15-17(24)3)25(20)11-9-10-22(4,5)6/h14,17-18H,8-13,15H2,1-7H3,(H,26,27)/t17-,18?/m1/s1. The van der Waals surface area contributed by atoms with Gasteiger partial charge < -0.3 is 19.6 Å². The van der Waals surface area contributed by atoms with Crippen LogP contribution in [-0.4, -0.2) is 77.9 Å². The molecule has 0 spiro atoms. The molecule has 0 bridgehead atoms. The van der Waals surface area contributed by atoms with Gasteiger partial charge in [-0.1, -0.05) is 20.8 Å². The van der Waals surface area contributed by atoms with E-state index in [4.69, 9.17) is 4.74 Å². The minimum Gasteiger partial charge on any atom is -0.478 e. The van der Waals surface area contributed by atoms with E-state index >= 15 is 0 Å². The summed E-state index contributed by atoms with van der Waals surface area (Å²) in [6, 6.07) is 0.299. The van der Waals surface area contributed by atoms with E-state index in [-0.39, 0.29) is 11.6 Å². The molecule has 0 saturated carbocycles. The molecule has 0 radical (unpaired) electrons. The van der Waals surface area contributed by atoms with Crippen molar-refractivity contribution >= 4 is 5.97 Å². The molecule has 2 heterocycles. The molecule has 0 aromatic heterocycles. The van der Waals surface area contributed by atoms with Crippen LogP contribution < -0.4 is 0 Å². The van der Waals surface area contributed by atoms with Crippen molar-refractivity contribution in [3.63, 3.8) is 0 Å². The highest BCUT2D eigenvalue weighted by Crippen LogP contribution is 2.33. The van der Waals surface area contributed by atoms with Gasteiger partial charge in [0, 0.05) is 32.7 Å². The quantitative estimate of drug-likeness (QED) is 0.716. The monoisotopic (exact) mass is 393 g/mol. The summed E-state index contributed by atoms with van der Waals surface area (Å²) in [5.41, 5.74) is 1.54. The van der Waals surface area contributed by atoms with Crippen LogP contribution in [0.15, 0.2) is 23.0 Å². The predicted octanol–water partition coefficient (Wildman–Crippen LogP) is 3.37. The van der Waals surface area contributed by atoms with E-state index in [1.54, 1.807) is 0 Å². The predicted molar refractivity (Wildman–Crippen MR) is 113 cm³/mol. The third kappa shape index (κ3) is 5.29. The maximum absolute atomic E-state index is 12.1. The Morgan fingerprint density at radius 1 is 1.39 bits per heavy atom. The number of carbonyl (C=O) groups is 1. The van der Waals surface area contributed by atoms with E-state index in [1.165, 1.54) is 0 Å². The Morgan fingerprint density at radius 2 is 2.07 bits per heavy atom. The number of morpholine rings is 1. The first-order valence-electron chi connectivity index (χ1n) is 10.5. The van der Waals surface area contributed by atoms with Gasteiger partial charge in [0.1, 0.15) is 17.6 Å². The molecule has 2 aliphatic rings. The first-order chi connectivity index (χ1) is 13.1. The Kier molecular flexibility index (Phi) is 7.57. The maximum atomic E-state index is 12.1. The summed E-state index contributed by atoms with van der Waals surface area (Å²) < 4.78 is 5.65. The molecule has 160 valence electrons. The third-order valence-electron chi connectivity index (χ3n) is 5.74. The lowest BCUT2D eigenvalue weighted by Crippen LogP contribution is -2.58. The summed E-state index contributed by atoms with van der Waals surface area (Å²) in [5, 5.41) is 9.96. The summed E-state index contributed by atoms with van der Waals surface area (Å²) >= 11 is 0. The van der Waals surface area contributed by atoms with Crippen LogP contribution in [-0.2, 0) is 9.53 Å². The van der Waals surface area contributed by atoms with Crippen molar-refractivity contribution in [3.8, 4) is 0 Å². The molecule has 2 atom stereocenters. The van der Waals surface area contributed by atoms with Crippen molar-refractivity contribution in [1.82, 2.24) is 14.7 Å². The van der Waals surface area contributed by atoms with E-state index in [0.29, 0.717) is 18.2 Å². The summed E-state index contributed by atoms with van der Waals surface area (Å²) in [7, 11) is 1.99. The average Bonchev–Trinajstić information content (AvgIpc) is 2.60. The summed E-state index contributed by atoms with van der Waals surface area (Å²) in [4.78, 5) is 19.0. The molecule has 1 unspecified atom stereocenters.